The van der Waals surface area contributed by atoms with Gasteiger partial charge in [-0.3, -0.25) is 56.1 Å². The molecule has 16 heterocycles. The Hall–Kier alpha value is -17.4. The SMILES string of the molecule is CN(C)C1CCN(C(=O)c2ccc(Nc3ccc(-c4cc[nH]c(=O)c4)n4ccnc34)cc2)C1.COc1ccccc1C1CCN(C(=O)c2ccc(Nc3ccc(-c4cc[nH]c(=O)c4)n4ccnc34)cc2)CC1.O=C(NCc1cccnc1)c1ccc(Nc2ccc(-c3cc[nH]c(=O)c3)n3ccnc23)cc1.O=c1cc(-c2ccc(Nc3ccc4nc[nH]c4c3)c3nccn23)cc[nH]1. The Labute approximate surface area is 748 Å². The third kappa shape index (κ3) is 19.1. The molecule has 19 aromatic rings. The van der Waals surface area contributed by atoms with Crippen LogP contribution in [-0.2, 0) is 6.54 Å². The van der Waals surface area contributed by atoms with E-state index in [9.17, 15) is 33.6 Å². The fraction of sp³-hybridized carbons (Fsp3) is 0.130. The number of likely N-dealkylation sites (tertiary alicyclic amines) is 2. The highest BCUT2D eigenvalue weighted by Crippen LogP contribution is 2.37. The highest BCUT2D eigenvalue weighted by atomic mass is 16.5. The van der Waals surface area contributed by atoms with E-state index in [0.717, 1.165) is 181 Å². The number of pyridine rings is 9. The molecule has 2 aliphatic rings. The number of para-hydroxylation sites is 1. The largest absolute Gasteiger partial charge is 0.496 e. The van der Waals surface area contributed by atoms with Crippen molar-refractivity contribution in [2.75, 3.05) is 68.7 Å². The van der Waals surface area contributed by atoms with Crippen LogP contribution in [0.4, 0.5) is 45.5 Å². The lowest BCUT2D eigenvalue weighted by Gasteiger charge is -2.33. The smallest absolute Gasteiger partial charge is 0.253 e. The van der Waals surface area contributed by atoms with Gasteiger partial charge in [0, 0.05) is 211 Å². The molecule has 1 unspecified atom stereocenters. The van der Waals surface area contributed by atoms with E-state index in [1.54, 1.807) is 112 Å². The Morgan fingerprint density at radius 3 is 1.24 bits per heavy atom. The Morgan fingerprint density at radius 1 is 0.420 bits per heavy atom. The van der Waals surface area contributed by atoms with E-state index in [1.807, 2.05) is 234 Å². The monoisotopic (exact) mass is 1740 g/mol. The van der Waals surface area contributed by atoms with Crippen LogP contribution in [0.5, 0.6) is 5.75 Å². The van der Waals surface area contributed by atoms with Crippen LogP contribution in [0, 0.1) is 0 Å². The summed E-state index contributed by atoms with van der Waals surface area (Å²) < 4.78 is 13.3. The molecular weight excluding hydrogens is 1650 g/mol. The van der Waals surface area contributed by atoms with Crippen LogP contribution in [0.3, 0.4) is 0 Å². The van der Waals surface area contributed by atoms with Crippen LogP contribution in [0.1, 0.15) is 67.4 Å². The normalized spacial score (nSPS) is 13.1. The summed E-state index contributed by atoms with van der Waals surface area (Å²) in [6.07, 6.45) is 28.9. The van der Waals surface area contributed by atoms with E-state index < -0.39 is 0 Å². The highest BCUT2D eigenvalue weighted by Gasteiger charge is 2.30. The van der Waals surface area contributed by atoms with E-state index in [1.165, 1.54) is 5.56 Å². The minimum absolute atomic E-state index is 0.0536. The summed E-state index contributed by atoms with van der Waals surface area (Å²) >= 11 is 0. The number of fused-ring (bicyclic) bond motifs is 5. The van der Waals surface area contributed by atoms with Crippen molar-refractivity contribution in [3.63, 3.8) is 0 Å². The first-order chi connectivity index (χ1) is 64.0. The minimum Gasteiger partial charge on any atom is -0.496 e. The number of hydrogen-bond acceptors (Lipinski definition) is 19. The van der Waals surface area contributed by atoms with Gasteiger partial charge in [-0.1, -0.05) is 24.3 Å². The van der Waals surface area contributed by atoms with Crippen LogP contribution >= 0.6 is 0 Å². The van der Waals surface area contributed by atoms with Gasteiger partial charge in [-0.05, 0) is 226 Å². The number of likely N-dealkylation sites (N-methyl/N-ethyl adjacent to an activating group) is 1. The molecule has 31 nitrogen and oxygen atoms in total. The van der Waals surface area contributed by atoms with Crippen LogP contribution in [0.15, 0.2) is 337 Å². The van der Waals surface area contributed by atoms with Crippen molar-refractivity contribution in [1.29, 1.82) is 0 Å². The summed E-state index contributed by atoms with van der Waals surface area (Å²) in [5.41, 5.74) is 22.0. The number of anilines is 8. The third-order valence-corrected chi connectivity index (χ3v) is 23.1. The molecule has 0 saturated carbocycles. The fourth-order valence-electron chi connectivity index (χ4n) is 16.4. The van der Waals surface area contributed by atoms with Gasteiger partial charge in [-0.25, -0.2) is 24.9 Å². The van der Waals surface area contributed by atoms with Gasteiger partial charge in [0.05, 0.1) is 70.0 Å². The van der Waals surface area contributed by atoms with Crippen LogP contribution in [0.25, 0.3) is 78.7 Å². The maximum Gasteiger partial charge on any atom is 0.253 e. The number of H-pyrrole nitrogens is 5. The first kappa shape index (κ1) is 84.5. The van der Waals surface area contributed by atoms with Crippen molar-refractivity contribution < 1.29 is 19.1 Å². The minimum atomic E-state index is -0.160. The Kier molecular flexibility index (Phi) is 24.7. The van der Waals surface area contributed by atoms with Crippen LogP contribution in [-0.4, -0.2) is 158 Å². The summed E-state index contributed by atoms with van der Waals surface area (Å²) in [5, 5.41) is 16.5. The third-order valence-electron chi connectivity index (χ3n) is 23.1. The maximum atomic E-state index is 13.2. The molecule has 0 spiro atoms. The summed E-state index contributed by atoms with van der Waals surface area (Å²) in [6.45, 7) is 3.42. The number of carbonyl (C=O) groups is 3. The standard InChI is InChI=1S/C31H29N5O3.C25H26N6O2.C25H20N6O2.C19H14N6O/c1-39-28-5-3-2-4-25(28)21-13-17-35(18-14-21)31(38)22-6-8-24(9-7-22)34-26-10-11-27(36-19-16-33-30(26)36)23-12-15-32-29(37)20-23;1-29(2)20-10-13-30(16-20)25(33)17-3-5-19(6-4-17)28-21-7-8-22(31-14-12-27-24(21)31)18-9-11-26-23(32)15-18;32-23-14-19(9-11-27-23)22-8-7-21(24-28-12-13-31(22)24)30-20-5-3-18(4-6-20)25(33)29-16-17-2-1-10-26-15-17;26-18-9-12(5-6-20-18)17-4-3-15(19-21-7-8-25(17)19)24-13-1-2-14-16(10-13)23-11-22-14/h2-12,15-16,19-21,34H,13-14,17-18H2,1H3,(H,32,37);3-9,11-12,14-15,20,28H,10,13,16H2,1-2H3,(H,26,32);1-15,30H,16H2,(H,27,32)(H,29,33);1-11,24H,(H,20,26)(H,22,23). The van der Waals surface area contributed by atoms with Crippen molar-refractivity contribution >= 4 is 96.8 Å². The number of rotatable bonds is 20. The molecule has 131 heavy (non-hydrogen) atoms. The topological polar surface area (TPSA) is 373 Å². The zero-order valence-electron chi connectivity index (χ0n) is 71.4. The lowest BCUT2D eigenvalue weighted by molar-refractivity contribution is 0.0711. The van der Waals surface area contributed by atoms with Gasteiger partial charge in [0.25, 0.3) is 17.7 Å². The molecule has 31 heteroatoms. The number of methoxy groups -OCH3 is 1. The van der Waals surface area contributed by atoms with Crippen molar-refractivity contribution in [1.82, 2.24) is 92.4 Å². The van der Waals surface area contributed by atoms with Gasteiger partial charge in [0.15, 0.2) is 22.6 Å². The lowest BCUT2D eigenvalue weighted by Crippen LogP contribution is -2.37. The Bertz CT molecular complexity index is 7590. The summed E-state index contributed by atoms with van der Waals surface area (Å²) in [6, 6.07) is 70.0. The summed E-state index contributed by atoms with van der Waals surface area (Å²) in [7, 11) is 5.82. The van der Waals surface area contributed by atoms with Gasteiger partial charge in [0.2, 0.25) is 22.2 Å². The van der Waals surface area contributed by atoms with E-state index in [0.29, 0.717) is 35.2 Å². The predicted octanol–water partition coefficient (Wildman–Crippen LogP) is 15.7. The first-order valence-corrected chi connectivity index (χ1v) is 42.5. The number of piperidine rings is 1. The zero-order chi connectivity index (χ0) is 89.9. The molecule has 10 N–H and O–H groups in total. The average Bonchev–Trinajstić information content (AvgIpc) is 1.73. The predicted molar refractivity (Wildman–Crippen MR) is 508 cm³/mol. The van der Waals surface area contributed by atoms with Crippen molar-refractivity contribution in [3.05, 3.63) is 387 Å². The molecule has 14 aromatic heterocycles. The molecule has 0 aliphatic carbocycles. The number of nitrogens with zero attached hydrogens (tertiary/aromatic N) is 13. The van der Waals surface area contributed by atoms with Crippen LogP contribution < -0.4 is 53.6 Å². The second-order valence-corrected chi connectivity index (χ2v) is 31.7. The van der Waals surface area contributed by atoms with Gasteiger partial charge < -0.3 is 70.9 Å². The molecule has 5 aromatic carbocycles. The molecule has 0 radical (unpaired) electrons. The van der Waals surface area contributed by atoms with Gasteiger partial charge in [-0.15, -0.1) is 0 Å². The van der Waals surface area contributed by atoms with Crippen molar-refractivity contribution in [3.8, 4) is 50.8 Å². The summed E-state index contributed by atoms with van der Waals surface area (Å²) in [4.78, 5) is 131. The number of amides is 3. The van der Waals surface area contributed by atoms with E-state index in [4.69, 9.17) is 4.74 Å². The number of carbonyl (C=O) groups excluding carboxylic acids is 3. The van der Waals surface area contributed by atoms with Gasteiger partial charge in [-0.2, -0.15) is 0 Å². The summed E-state index contributed by atoms with van der Waals surface area (Å²) in [5.74, 6) is 1.29. The molecule has 0 bridgehead atoms. The number of ether oxygens (including phenoxy) is 1. The van der Waals surface area contributed by atoms with Gasteiger partial charge >= 0.3 is 0 Å². The molecule has 21 rings (SSSR count). The van der Waals surface area contributed by atoms with Crippen molar-refractivity contribution in [2.45, 2.75) is 37.8 Å². The number of aromatic amines is 5. The Balaban J connectivity index is 0.000000118. The van der Waals surface area contributed by atoms with E-state index in [2.05, 4.69) is 106 Å². The number of imidazole rings is 5. The number of hydrogen-bond donors (Lipinski definition) is 10. The molecule has 2 saturated heterocycles. The molecule has 3 amide bonds. The fourth-order valence-corrected chi connectivity index (χ4v) is 16.4. The van der Waals surface area contributed by atoms with Crippen LogP contribution in [0.2, 0.25) is 0 Å². The quantitative estimate of drug-likeness (QED) is 0.0339. The number of nitrogens with one attached hydrogen (secondary N) is 10. The second kappa shape index (κ2) is 38.2. The number of benzene rings is 5. The number of aromatic nitrogens is 15. The zero-order valence-corrected chi connectivity index (χ0v) is 71.4. The highest BCUT2D eigenvalue weighted by molar-refractivity contribution is 5.97. The lowest BCUT2D eigenvalue weighted by atomic mass is 9.88. The van der Waals surface area contributed by atoms with Crippen molar-refractivity contribution in [2.24, 2.45) is 0 Å². The maximum absolute atomic E-state index is 13.2. The first-order valence-electron chi connectivity index (χ1n) is 42.5. The van der Waals surface area contributed by atoms with Gasteiger partial charge in [0.1, 0.15) is 5.75 Å². The van der Waals surface area contributed by atoms with E-state index in [-0.39, 0.29) is 40.0 Å². The molecule has 1 atom stereocenters. The van der Waals surface area contributed by atoms with E-state index >= 15 is 0 Å². The molecular formula is C100H89N23O8. The average molecular weight is 1740 g/mol. The molecule has 2 aliphatic heterocycles. The second-order valence-electron chi connectivity index (χ2n) is 31.7. The molecule has 652 valence electrons. The molecule has 2 fully saturated rings. The Morgan fingerprint density at radius 2 is 0.832 bits per heavy atom.